The van der Waals surface area contributed by atoms with Gasteiger partial charge >= 0.3 is 0 Å². The van der Waals surface area contributed by atoms with Crippen LogP contribution < -0.4 is 5.48 Å². The zero-order valence-corrected chi connectivity index (χ0v) is 18.1. The van der Waals surface area contributed by atoms with Crippen LogP contribution in [-0.2, 0) is 11.3 Å². The zero-order valence-electron chi connectivity index (χ0n) is 18.1. The van der Waals surface area contributed by atoms with Crippen LogP contribution in [0.15, 0.2) is 30.5 Å². The molecule has 0 spiro atoms. The molecule has 8 heteroatoms. The number of ether oxygens (including phenoxy) is 1. The summed E-state index contributed by atoms with van der Waals surface area (Å²) in [5.74, 6) is -0.171. The summed E-state index contributed by atoms with van der Waals surface area (Å²) < 4.78 is 7.57. The lowest BCUT2D eigenvalue weighted by Gasteiger charge is -2.35. The second kappa shape index (κ2) is 9.21. The highest BCUT2D eigenvalue weighted by molar-refractivity contribution is 5.98. The van der Waals surface area contributed by atoms with Gasteiger partial charge in [-0.25, -0.2) is 5.48 Å². The van der Waals surface area contributed by atoms with Gasteiger partial charge in [-0.1, -0.05) is 19.1 Å². The summed E-state index contributed by atoms with van der Waals surface area (Å²) in [6.07, 6.45) is 2.05. The van der Waals surface area contributed by atoms with Gasteiger partial charge in [-0.05, 0) is 30.2 Å². The van der Waals surface area contributed by atoms with Crippen LogP contribution in [0.25, 0.3) is 0 Å². The molecule has 8 nitrogen and oxygen atoms in total. The van der Waals surface area contributed by atoms with Crippen LogP contribution >= 0.6 is 0 Å². The Bertz CT molecular complexity index is 947. The van der Waals surface area contributed by atoms with Crippen molar-refractivity contribution in [1.82, 2.24) is 19.8 Å². The average Bonchev–Trinajstić information content (AvgIpc) is 3.12. The van der Waals surface area contributed by atoms with E-state index < -0.39 is 5.91 Å². The molecule has 4 rings (SSSR count). The molecule has 1 fully saturated rings. The summed E-state index contributed by atoms with van der Waals surface area (Å²) in [6.45, 7) is 10.5. The molecule has 3 heterocycles. The van der Waals surface area contributed by atoms with Gasteiger partial charge in [0.1, 0.15) is 0 Å². The van der Waals surface area contributed by atoms with Crippen molar-refractivity contribution in [1.29, 1.82) is 0 Å². The Hall–Kier alpha value is -2.68. The number of aromatic nitrogens is 1. The Morgan fingerprint density at radius 2 is 1.90 bits per heavy atom. The highest BCUT2D eigenvalue weighted by Gasteiger charge is 2.33. The van der Waals surface area contributed by atoms with E-state index in [2.05, 4.69) is 22.6 Å². The lowest BCUT2D eigenvalue weighted by atomic mass is 9.95. The van der Waals surface area contributed by atoms with Crippen molar-refractivity contribution in [3.05, 3.63) is 58.4 Å². The minimum Gasteiger partial charge on any atom is -0.379 e. The molecule has 2 N–H and O–H groups in total. The first kappa shape index (κ1) is 21.5. The van der Waals surface area contributed by atoms with E-state index in [4.69, 9.17) is 9.94 Å². The van der Waals surface area contributed by atoms with Crippen molar-refractivity contribution in [2.45, 2.75) is 26.3 Å². The van der Waals surface area contributed by atoms with E-state index in [0.29, 0.717) is 12.1 Å². The molecule has 0 aliphatic carbocycles. The lowest BCUT2D eigenvalue weighted by Crippen LogP contribution is -2.46. The molecule has 2 amide bonds. The van der Waals surface area contributed by atoms with Crippen LogP contribution in [0.3, 0.4) is 0 Å². The number of rotatable bonds is 6. The molecular formula is C23H30N4O4. The highest BCUT2D eigenvalue weighted by Crippen LogP contribution is 2.32. The minimum atomic E-state index is -0.530. The van der Waals surface area contributed by atoms with Gasteiger partial charge in [0.25, 0.3) is 11.8 Å². The number of nitrogens with one attached hydrogen (secondary N) is 1. The largest absolute Gasteiger partial charge is 0.379 e. The first-order chi connectivity index (χ1) is 15.0. The van der Waals surface area contributed by atoms with Gasteiger partial charge < -0.3 is 14.2 Å². The van der Waals surface area contributed by atoms with Crippen molar-refractivity contribution in [2.75, 3.05) is 45.9 Å². The number of hydrogen-bond acceptors (Lipinski definition) is 5. The smallest absolute Gasteiger partial charge is 0.274 e. The molecule has 1 aromatic carbocycles. The van der Waals surface area contributed by atoms with Crippen LogP contribution in [0.2, 0.25) is 0 Å². The van der Waals surface area contributed by atoms with Gasteiger partial charge in [0.05, 0.1) is 18.8 Å². The molecule has 166 valence electrons. The van der Waals surface area contributed by atoms with E-state index in [9.17, 15) is 9.59 Å². The van der Waals surface area contributed by atoms with Gasteiger partial charge in [-0.2, -0.15) is 0 Å². The zero-order chi connectivity index (χ0) is 22.0. The molecule has 0 unspecified atom stereocenters. The van der Waals surface area contributed by atoms with E-state index in [-0.39, 0.29) is 11.8 Å². The molecule has 1 aromatic heterocycles. The molecule has 2 aliphatic heterocycles. The molecule has 0 bridgehead atoms. The van der Waals surface area contributed by atoms with Crippen molar-refractivity contribution >= 4 is 11.8 Å². The molecule has 0 radical (unpaired) electrons. The van der Waals surface area contributed by atoms with Gasteiger partial charge in [0, 0.05) is 62.6 Å². The first-order valence-corrected chi connectivity index (χ1v) is 10.8. The number of amides is 2. The Morgan fingerprint density at radius 1 is 1.19 bits per heavy atom. The number of carbonyl (C=O) groups is 2. The maximum Gasteiger partial charge on any atom is 0.274 e. The number of benzene rings is 1. The quantitative estimate of drug-likeness (QED) is 0.544. The van der Waals surface area contributed by atoms with E-state index >= 15 is 0 Å². The average molecular weight is 427 g/mol. The third-order valence-electron chi connectivity index (χ3n) is 6.23. The van der Waals surface area contributed by atoms with Crippen LogP contribution in [0.4, 0.5) is 0 Å². The summed E-state index contributed by atoms with van der Waals surface area (Å²) in [5, 5.41) is 8.77. The molecule has 1 saturated heterocycles. The van der Waals surface area contributed by atoms with Gasteiger partial charge in [-0.3, -0.25) is 19.7 Å². The number of fused-ring (bicyclic) bond motifs is 1. The van der Waals surface area contributed by atoms with E-state index in [1.54, 1.807) is 17.6 Å². The number of carbonyl (C=O) groups excluding carboxylic acids is 2. The SMILES string of the molecule is Cc1cn(Cc2ccc(C(=O)NO)cc2)c2c1C(=O)N(CCN1CCOCC1)C[C@H]2C. The molecule has 2 aliphatic rings. The van der Waals surface area contributed by atoms with Crippen molar-refractivity contribution in [3.8, 4) is 0 Å². The maximum absolute atomic E-state index is 13.3. The number of aryl methyl sites for hydroxylation is 1. The Balaban J connectivity index is 1.49. The summed E-state index contributed by atoms with van der Waals surface area (Å²) in [4.78, 5) is 29.1. The van der Waals surface area contributed by atoms with Gasteiger partial charge in [0.2, 0.25) is 0 Å². The predicted molar refractivity (Wildman–Crippen MR) is 116 cm³/mol. The number of nitrogens with zero attached hydrogens (tertiary/aromatic N) is 3. The standard InChI is InChI=1S/C23H30N4O4/c1-16-13-27(15-18-3-5-19(6-4-18)22(28)24-30)21-17(2)14-26(23(29)20(16)21)8-7-25-9-11-31-12-10-25/h3-6,13,17,30H,7-12,14-15H2,1-2H3,(H,24,28)/t17-/m1/s1. The maximum atomic E-state index is 13.3. The Morgan fingerprint density at radius 3 is 2.58 bits per heavy atom. The third kappa shape index (κ3) is 4.51. The Labute approximate surface area is 182 Å². The lowest BCUT2D eigenvalue weighted by molar-refractivity contribution is 0.0317. The number of hydroxylamine groups is 1. The van der Waals surface area contributed by atoms with E-state index in [1.807, 2.05) is 24.0 Å². The van der Waals surface area contributed by atoms with Crippen LogP contribution in [0.1, 0.15) is 50.4 Å². The van der Waals surface area contributed by atoms with Crippen molar-refractivity contribution in [2.24, 2.45) is 0 Å². The normalized spacial score (nSPS) is 19.4. The van der Waals surface area contributed by atoms with Gasteiger partial charge in [-0.15, -0.1) is 0 Å². The molecule has 0 saturated carbocycles. The monoisotopic (exact) mass is 426 g/mol. The topological polar surface area (TPSA) is 87.0 Å². The summed E-state index contributed by atoms with van der Waals surface area (Å²) in [5.41, 5.74) is 5.99. The number of hydrogen-bond donors (Lipinski definition) is 2. The highest BCUT2D eigenvalue weighted by atomic mass is 16.5. The minimum absolute atomic E-state index is 0.118. The van der Waals surface area contributed by atoms with Crippen LogP contribution in [0, 0.1) is 6.92 Å². The fourth-order valence-corrected chi connectivity index (χ4v) is 4.61. The van der Waals surface area contributed by atoms with Crippen LogP contribution in [0.5, 0.6) is 0 Å². The fourth-order valence-electron chi connectivity index (χ4n) is 4.61. The second-order valence-corrected chi connectivity index (χ2v) is 8.44. The van der Waals surface area contributed by atoms with E-state index in [0.717, 1.165) is 68.3 Å². The second-order valence-electron chi connectivity index (χ2n) is 8.44. The molecule has 31 heavy (non-hydrogen) atoms. The van der Waals surface area contributed by atoms with Crippen molar-refractivity contribution in [3.63, 3.8) is 0 Å². The first-order valence-electron chi connectivity index (χ1n) is 10.8. The molecule has 1 atom stereocenters. The van der Waals surface area contributed by atoms with E-state index in [1.165, 1.54) is 0 Å². The third-order valence-corrected chi connectivity index (χ3v) is 6.23. The fraction of sp³-hybridized carbons (Fsp3) is 0.478. The number of morpholine rings is 1. The summed E-state index contributed by atoms with van der Waals surface area (Å²) in [6, 6.07) is 7.11. The molecule has 2 aromatic rings. The predicted octanol–water partition coefficient (Wildman–Crippen LogP) is 1.86. The molecular weight excluding hydrogens is 396 g/mol. The van der Waals surface area contributed by atoms with Gasteiger partial charge in [0.15, 0.2) is 0 Å². The van der Waals surface area contributed by atoms with Crippen LogP contribution in [-0.4, -0.2) is 77.3 Å². The summed E-state index contributed by atoms with van der Waals surface area (Å²) in [7, 11) is 0. The Kier molecular flexibility index (Phi) is 6.41. The van der Waals surface area contributed by atoms with Crippen molar-refractivity contribution < 1.29 is 19.5 Å². The summed E-state index contributed by atoms with van der Waals surface area (Å²) >= 11 is 0.